The topological polar surface area (TPSA) is 3.24 Å². The lowest BCUT2D eigenvalue weighted by atomic mass is 9.83. The van der Waals surface area contributed by atoms with Crippen LogP contribution in [0.4, 0.5) is 11.4 Å². The van der Waals surface area contributed by atoms with Crippen molar-refractivity contribution in [3.63, 3.8) is 0 Å². The summed E-state index contributed by atoms with van der Waals surface area (Å²) in [4.78, 5) is 2.33. The smallest absolute Gasteiger partial charge is 0.0494 e. The van der Waals surface area contributed by atoms with Gasteiger partial charge in [0.05, 0.1) is 0 Å². The van der Waals surface area contributed by atoms with E-state index in [9.17, 15) is 0 Å². The van der Waals surface area contributed by atoms with Crippen LogP contribution in [-0.4, -0.2) is 7.05 Å². The molecule has 22 heavy (non-hydrogen) atoms. The van der Waals surface area contributed by atoms with Gasteiger partial charge in [-0.1, -0.05) is 63.2 Å². The summed E-state index contributed by atoms with van der Waals surface area (Å²) in [5.74, 6) is 0. The number of benzene rings is 3. The van der Waals surface area contributed by atoms with Crippen molar-refractivity contribution in [3.8, 4) is 11.1 Å². The van der Waals surface area contributed by atoms with Gasteiger partial charge in [-0.25, -0.2) is 0 Å². The number of hydrogen-bond acceptors (Lipinski definition) is 1. The number of nitrogens with zero attached hydrogens (tertiary/aromatic N) is 1. The highest BCUT2D eigenvalue weighted by Gasteiger charge is 2.24. The van der Waals surface area contributed by atoms with Crippen LogP contribution in [0.2, 0.25) is 0 Å². The van der Waals surface area contributed by atoms with Crippen LogP contribution in [-0.2, 0) is 5.41 Å². The SMILES string of the molecule is CN1c2cc(C(C)(C)C)ccc2-c2cccc3cccc1c23. The third kappa shape index (κ3) is 1.78. The van der Waals surface area contributed by atoms with Crippen LogP contribution >= 0.6 is 0 Å². The molecule has 1 heteroatoms. The fourth-order valence-corrected chi connectivity index (χ4v) is 3.46. The summed E-state index contributed by atoms with van der Waals surface area (Å²) in [5, 5.41) is 2.68. The Hall–Kier alpha value is -2.28. The van der Waals surface area contributed by atoms with Gasteiger partial charge >= 0.3 is 0 Å². The fraction of sp³-hybridized carbons (Fsp3) is 0.238. The van der Waals surface area contributed by atoms with E-state index in [1.807, 2.05) is 0 Å². The highest BCUT2D eigenvalue weighted by Crippen LogP contribution is 2.47. The van der Waals surface area contributed by atoms with E-state index >= 15 is 0 Å². The minimum absolute atomic E-state index is 0.166. The maximum Gasteiger partial charge on any atom is 0.0494 e. The Morgan fingerprint density at radius 2 is 1.50 bits per heavy atom. The maximum atomic E-state index is 2.35. The molecule has 0 saturated carbocycles. The van der Waals surface area contributed by atoms with Crippen LogP contribution < -0.4 is 4.90 Å². The molecule has 0 amide bonds. The Balaban J connectivity index is 2.07. The molecule has 0 fully saturated rings. The van der Waals surface area contributed by atoms with Gasteiger partial charge in [0.2, 0.25) is 0 Å². The zero-order valence-electron chi connectivity index (χ0n) is 13.6. The highest BCUT2D eigenvalue weighted by atomic mass is 15.1. The zero-order chi connectivity index (χ0) is 15.5. The van der Waals surface area contributed by atoms with Crippen molar-refractivity contribution in [2.45, 2.75) is 26.2 Å². The van der Waals surface area contributed by atoms with Crippen LogP contribution in [0.25, 0.3) is 21.9 Å². The molecule has 0 atom stereocenters. The molecule has 1 aliphatic heterocycles. The standard InChI is InChI=1S/C21H21N/c1-21(2,3)15-11-12-16-17-9-5-7-14-8-6-10-18(20(14)17)22(4)19(16)13-15/h5-13H,1-4H3. The molecule has 1 nitrogen and oxygen atoms in total. The molecular weight excluding hydrogens is 266 g/mol. The minimum atomic E-state index is 0.166. The lowest BCUT2D eigenvalue weighted by Crippen LogP contribution is -2.17. The van der Waals surface area contributed by atoms with Crippen LogP contribution in [0.15, 0.2) is 54.6 Å². The summed E-state index contributed by atoms with van der Waals surface area (Å²) in [6.07, 6.45) is 0. The van der Waals surface area contributed by atoms with Crippen LogP contribution in [0.1, 0.15) is 26.3 Å². The first kappa shape index (κ1) is 13.4. The summed E-state index contributed by atoms with van der Waals surface area (Å²) < 4.78 is 0. The molecule has 0 radical (unpaired) electrons. The second-order valence-corrected chi connectivity index (χ2v) is 7.22. The first-order valence-electron chi connectivity index (χ1n) is 7.87. The van der Waals surface area contributed by atoms with Gasteiger partial charge in [0.15, 0.2) is 0 Å². The molecule has 3 aromatic carbocycles. The molecule has 0 spiro atoms. The van der Waals surface area contributed by atoms with Crippen molar-refractivity contribution in [3.05, 3.63) is 60.2 Å². The molecule has 0 unspecified atom stereocenters. The predicted molar refractivity (Wildman–Crippen MR) is 96.1 cm³/mol. The van der Waals surface area contributed by atoms with Crippen molar-refractivity contribution < 1.29 is 0 Å². The monoisotopic (exact) mass is 287 g/mol. The minimum Gasteiger partial charge on any atom is -0.344 e. The summed E-state index contributed by atoms with van der Waals surface area (Å²) in [6, 6.07) is 20.1. The van der Waals surface area contributed by atoms with E-state index in [2.05, 4.69) is 87.3 Å². The Kier molecular flexibility index (Phi) is 2.65. The molecule has 1 aliphatic rings. The Morgan fingerprint density at radius 3 is 2.23 bits per heavy atom. The number of hydrogen-bond donors (Lipinski definition) is 0. The average Bonchev–Trinajstić information content (AvgIpc) is 2.51. The zero-order valence-corrected chi connectivity index (χ0v) is 13.6. The predicted octanol–water partition coefficient (Wildman–Crippen LogP) is 5.89. The Morgan fingerprint density at radius 1 is 0.773 bits per heavy atom. The molecule has 0 bridgehead atoms. The summed E-state index contributed by atoms with van der Waals surface area (Å²) in [6.45, 7) is 6.81. The lowest BCUT2D eigenvalue weighted by molar-refractivity contribution is 0.590. The van der Waals surface area contributed by atoms with Gasteiger partial charge < -0.3 is 4.90 Å². The molecule has 0 saturated heterocycles. The third-order valence-corrected chi connectivity index (χ3v) is 4.76. The average molecular weight is 287 g/mol. The van der Waals surface area contributed by atoms with Crippen molar-refractivity contribution in [1.29, 1.82) is 0 Å². The molecule has 1 heterocycles. The van der Waals surface area contributed by atoms with E-state index in [1.54, 1.807) is 0 Å². The first-order valence-corrected chi connectivity index (χ1v) is 7.87. The van der Waals surface area contributed by atoms with Crippen molar-refractivity contribution in [1.82, 2.24) is 0 Å². The summed E-state index contributed by atoms with van der Waals surface area (Å²) >= 11 is 0. The Bertz CT molecular complexity index is 879. The molecule has 0 N–H and O–H groups in total. The third-order valence-electron chi connectivity index (χ3n) is 4.76. The van der Waals surface area contributed by atoms with E-state index in [4.69, 9.17) is 0 Å². The largest absolute Gasteiger partial charge is 0.344 e. The van der Waals surface area contributed by atoms with Crippen LogP contribution in [0.3, 0.4) is 0 Å². The van der Waals surface area contributed by atoms with Gasteiger partial charge in [-0.3, -0.25) is 0 Å². The molecule has 4 rings (SSSR count). The normalized spacial score (nSPS) is 13.4. The van der Waals surface area contributed by atoms with Crippen molar-refractivity contribution >= 4 is 22.1 Å². The van der Waals surface area contributed by atoms with Gasteiger partial charge in [-0.05, 0) is 34.1 Å². The van der Waals surface area contributed by atoms with Gasteiger partial charge in [-0.15, -0.1) is 0 Å². The maximum absolute atomic E-state index is 2.35. The van der Waals surface area contributed by atoms with Crippen molar-refractivity contribution in [2.24, 2.45) is 0 Å². The van der Waals surface area contributed by atoms with Gasteiger partial charge in [0.1, 0.15) is 0 Å². The summed E-state index contributed by atoms with van der Waals surface area (Å²) in [5.41, 5.74) is 6.83. The first-order chi connectivity index (χ1) is 10.5. The highest BCUT2D eigenvalue weighted by molar-refractivity contribution is 6.11. The van der Waals surface area contributed by atoms with Crippen molar-refractivity contribution in [2.75, 3.05) is 11.9 Å². The van der Waals surface area contributed by atoms with Crippen LogP contribution in [0, 0.1) is 0 Å². The fourth-order valence-electron chi connectivity index (χ4n) is 3.46. The van der Waals surface area contributed by atoms with Gasteiger partial charge in [-0.2, -0.15) is 0 Å². The van der Waals surface area contributed by atoms with E-state index in [1.165, 1.54) is 38.8 Å². The lowest BCUT2D eigenvalue weighted by Gasteiger charge is -2.32. The summed E-state index contributed by atoms with van der Waals surface area (Å²) in [7, 11) is 2.18. The van der Waals surface area contributed by atoms with E-state index in [0.717, 1.165) is 0 Å². The molecule has 0 aromatic heterocycles. The van der Waals surface area contributed by atoms with Crippen LogP contribution in [0.5, 0.6) is 0 Å². The van der Waals surface area contributed by atoms with E-state index in [-0.39, 0.29) is 5.41 Å². The molecule has 0 aliphatic carbocycles. The van der Waals surface area contributed by atoms with E-state index < -0.39 is 0 Å². The molecule has 110 valence electrons. The van der Waals surface area contributed by atoms with Gasteiger partial charge in [0, 0.05) is 29.4 Å². The molecular formula is C21H21N. The Labute approximate surface area is 132 Å². The number of rotatable bonds is 0. The number of anilines is 2. The second-order valence-electron chi connectivity index (χ2n) is 7.22. The second kappa shape index (κ2) is 4.36. The quantitative estimate of drug-likeness (QED) is 0.498. The van der Waals surface area contributed by atoms with E-state index in [0.29, 0.717) is 0 Å². The molecule has 3 aromatic rings. The number of fused-ring (bicyclic) bond motifs is 2. The van der Waals surface area contributed by atoms with Gasteiger partial charge in [0.25, 0.3) is 0 Å².